The van der Waals surface area contributed by atoms with E-state index in [1.165, 1.54) is 7.11 Å². The third-order valence-corrected chi connectivity index (χ3v) is 4.89. The summed E-state index contributed by atoms with van der Waals surface area (Å²) in [6, 6.07) is 11.1. The number of halogens is 1. The Morgan fingerprint density at radius 3 is 2.14 bits per heavy atom. The predicted molar refractivity (Wildman–Crippen MR) is 116 cm³/mol. The number of hydrogen-bond acceptors (Lipinski definition) is 5. The molecule has 0 radical (unpaired) electrons. The van der Waals surface area contributed by atoms with Crippen LogP contribution in [0, 0.1) is 0 Å². The van der Waals surface area contributed by atoms with Gasteiger partial charge in [-0.2, -0.15) is 0 Å². The van der Waals surface area contributed by atoms with Crippen LogP contribution >= 0.6 is 15.9 Å². The highest BCUT2D eigenvalue weighted by atomic mass is 79.9. The molecule has 0 unspecified atom stereocenters. The first kappa shape index (κ1) is 22.9. The van der Waals surface area contributed by atoms with E-state index in [0.29, 0.717) is 30.8 Å². The lowest BCUT2D eigenvalue weighted by atomic mass is 10.0. The van der Waals surface area contributed by atoms with Crippen LogP contribution in [0.4, 0.5) is 0 Å². The number of carbonyl (C=O) groups is 2. The van der Waals surface area contributed by atoms with Crippen molar-refractivity contribution in [3.63, 3.8) is 0 Å². The number of ketones is 2. The van der Waals surface area contributed by atoms with Crippen LogP contribution in [0.1, 0.15) is 44.2 Å². The zero-order valence-electron chi connectivity index (χ0n) is 17.0. The van der Waals surface area contributed by atoms with Crippen molar-refractivity contribution in [1.82, 2.24) is 0 Å². The standard InChI is InChI=1S/C23H27BrO5/c1-15(2)29-23-21(27)12-17(13-22(23)28-3)7-11-20(26)14-19(25)10-6-16-4-8-18(24)9-5-16/h4-5,8-9,12-13,15,27H,6-7,10-11,14H2,1-3H3. The van der Waals surface area contributed by atoms with Gasteiger partial charge in [-0.25, -0.2) is 0 Å². The molecule has 2 aromatic carbocycles. The number of rotatable bonds is 11. The Morgan fingerprint density at radius 1 is 1.00 bits per heavy atom. The van der Waals surface area contributed by atoms with Crippen molar-refractivity contribution in [3.8, 4) is 17.2 Å². The van der Waals surface area contributed by atoms with Gasteiger partial charge in [-0.15, -0.1) is 0 Å². The quantitative estimate of drug-likeness (QED) is 0.473. The number of benzene rings is 2. The van der Waals surface area contributed by atoms with Crippen molar-refractivity contribution in [1.29, 1.82) is 0 Å². The number of phenols is 1. The molecule has 0 heterocycles. The molecule has 0 saturated heterocycles. The third-order valence-electron chi connectivity index (χ3n) is 4.36. The van der Waals surface area contributed by atoms with Crippen molar-refractivity contribution in [3.05, 3.63) is 52.0 Å². The summed E-state index contributed by atoms with van der Waals surface area (Å²) < 4.78 is 11.9. The smallest absolute Gasteiger partial charge is 0.203 e. The third kappa shape index (κ3) is 7.54. The van der Waals surface area contributed by atoms with Crippen molar-refractivity contribution in [2.45, 2.75) is 52.1 Å². The highest BCUT2D eigenvalue weighted by Gasteiger charge is 2.16. The average molecular weight is 463 g/mol. The number of aryl methyl sites for hydroxylation is 2. The van der Waals surface area contributed by atoms with Gasteiger partial charge in [0.15, 0.2) is 11.5 Å². The molecule has 5 nitrogen and oxygen atoms in total. The Kier molecular flexibility index (Phi) is 8.70. The van der Waals surface area contributed by atoms with E-state index in [1.807, 2.05) is 38.1 Å². The van der Waals surface area contributed by atoms with E-state index in [1.54, 1.807) is 12.1 Å². The van der Waals surface area contributed by atoms with Crippen LogP contribution in [0.5, 0.6) is 17.2 Å². The summed E-state index contributed by atoms with van der Waals surface area (Å²) in [5, 5.41) is 10.2. The van der Waals surface area contributed by atoms with Gasteiger partial charge in [0.05, 0.1) is 19.6 Å². The van der Waals surface area contributed by atoms with E-state index >= 15 is 0 Å². The molecular weight excluding hydrogens is 436 g/mol. The van der Waals surface area contributed by atoms with Crippen molar-refractivity contribution >= 4 is 27.5 Å². The molecule has 2 aromatic rings. The van der Waals surface area contributed by atoms with Crippen LogP contribution in [0.2, 0.25) is 0 Å². The largest absolute Gasteiger partial charge is 0.504 e. The maximum atomic E-state index is 12.2. The molecule has 0 aliphatic rings. The highest BCUT2D eigenvalue weighted by Crippen LogP contribution is 2.38. The van der Waals surface area contributed by atoms with Gasteiger partial charge in [0, 0.05) is 17.3 Å². The minimum Gasteiger partial charge on any atom is -0.504 e. The molecule has 0 saturated carbocycles. The van der Waals surface area contributed by atoms with E-state index in [-0.39, 0.29) is 36.3 Å². The van der Waals surface area contributed by atoms with Crippen molar-refractivity contribution < 1.29 is 24.2 Å². The molecule has 156 valence electrons. The van der Waals surface area contributed by atoms with Gasteiger partial charge in [0.2, 0.25) is 5.75 Å². The second-order valence-electron chi connectivity index (χ2n) is 7.19. The first-order valence-corrected chi connectivity index (χ1v) is 10.4. The van der Waals surface area contributed by atoms with Crippen LogP contribution in [0.25, 0.3) is 0 Å². The Bertz CT molecular complexity index is 843. The topological polar surface area (TPSA) is 72.8 Å². The minimum atomic E-state index is -0.106. The Hall–Kier alpha value is -2.34. The van der Waals surface area contributed by atoms with E-state index in [0.717, 1.165) is 15.6 Å². The van der Waals surface area contributed by atoms with Gasteiger partial charge in [-0.3, -0.25) is 9.59 Å². The van der Waals surface area contributed by atoms with Gasteiger partial charge >= 0.3 is 0 Å². The summed E-state index contributed by atoms with van der Waals surface area (Å²) in [7, 11) is 1.50. The lowest BCUT2D eigenvalue weighted by Crippen LogP contribution is -2.10. The van der Waals surface area contributed by atoms with Gasteiger partial charge in [-0.05, 0) is 62.1 Å². The molecule has 0 aromatic heterocycles. The molecule has 0 fully saturated rings. The number of phenolic OH excluding ortho intramolecular Hbond substituents is 1. The predicted octanol–water partition coefficient (Wildman–Crippen LogP) is 5.04. The van der Waals surface area contributed by atoms with E-state index in [4.69, 9.17) is 9.47 Å². The molecule has 1 N–H and O–H groups in total. The van der Waals surface area contributed by atoms with Gasteiger partial charge < -0.3 is 14.6 Å². The van der Waals surface area contributed by atoms with E-state index in [9.17, 15) is 14.7 Å². The molecule has 29 heavy (non-hydrogen) atoms. The SMILES string of the molecule is COc1cc(CCC(=O)CC(=O)CCc2ccc(Br)cc2)cc(O)c1OC(C)C. The lowest BCUT2D eigenvalue weighted by molar-refractivity contribution is -0.126. The number of hydrogen-bond donors (Lipinski definition) is 1. The molecule has 0 aliphatic heterocycles. The van der Waals surface area contributed by atoms with Gasteiger partial charge in [-0.1, -0.05) is 28.1 Å². The van der Waals surface area contributed by atoms with Gasteiger partial charge in [0.25, 0.3) is 0 Å². The van der Waals surface area contributed by atoms with Crippen LogP contribution < -0.4 is 9.47 Å². The number of Topliss-reactive ketones (excluding diaryl/α,β-unsaturated/α-hetero) is 2. The van der Waals surface area contributed by atoms with Crippen molar-refractivity contribution in [2.24, 2.45) is 0 Å². The fourth-order valence-electron chi connectivity index (χ4n) is 2.91. The normalized spacial score (nSPS) is 10.8. The maximum Gasteiger partial charge on any atom is 0.203 e. The summed E-state index contributed by atoms with van der Waals surface area (Å²) in [5.74, 6) is 0.532. The van der Waals surface area contributed by atoms with Crippen LogP contribution in [0.15, 0.2) is 40.9 Å². The minimum absolute atomic E-state index is 0.0222. The Morgan fingerprint density at radius 2 is 1.59 bits per heavy atom. The number of carbonyl (C=O) groups excluding carboxylic acids is 2. The molecular formula is C23H27BrO5. The molecule has 0 bridgehead atoms. The van der Waals surface area contributed by atoms with Crippen molar-refractivity contribution in [2.75, 3.05) is 7.11 Å². The first-order chi connectivity index (χ1) is 13.8. The molecule has 0 atom stereocenters. The monoisotopic (exact) mass is 462 g/mol. The van der Waals surface area contributed by atoms with Gasteiger partial charge in [0.1, 0.15) is 11.6 Å². The zero-order chi connectivity index (χ0) is 21.4. The maximum absolute atomic E-state index is 12.2. The lowest BCUT2D eigenvalue weighted by Gasteiger charge is -2.16. The molecule has 0 spiro atoms. The fraction of sp³-hybridized carbons (Fsp3) is 0.391. The summed E-state index contributed by atoms with van der Waals surface area (Å²) in [5.41, 5.74) is 1.83. The molecule has 0 amide bonds. The fourth-order valence-corrected chi connectivity index (χ4v) is 3.17. The zero-order valence-corrected chi connectivity index (χ0v) is 18.6. The number of aromatic hydroxyl groups is 1. The van der Waals surface area contributed by atoms with Crippen LogP contribution in [-0.2, 0) is 22.4 Å². The summed E-state index contributed by atoms with van der Waals surface area (Å²) in [6.45, 7) is 3.72. The second kappa shape index (κ2) is 11.0. The summed E-state index contributed by atoms with van der Waals surface area (Å²) in [4.78, 5) is 24.3. The van der Waals surface area contributed by atoms with Crippen LogP contribution in [-0.4, -0.2) is 29.9 Å². The summed E-state index contributed by atoms with van der Waals surface area (Å²) >= 11 is 3.38. The van der Waals surface area contributed by atoms with E-state index in [2.05, 4.69) is 15.9 Å². The second-order valence-corrected chi connectivity index (χ2v) is 8.11. The number of ether oxygens (including phenoxy) is 2. The number of methoxy groups -OCH3 is 1. The first-order valence-electron chi connectivity index (χ1n) is 9.63. The van der Waals surface area contributed by atoms with Crippen LogP contribution in [0.3, 0.4) is 0 Å². The summed E-state index contributed by atoms with van der Waals surface area (Å²) in [6.07, 6.45) is 1.46. The molecule has 0 aliphatic carbocycles. The Balaban J connectivity index is 1.85. The molecule has 2 rings (SSSR count). The molecule has 6 heteroatoms. The highest BCUT2D eigenvalue weighted by molar-refractivity contribution is 9.10. The van der Waals surface area contributed by atoms with E-state index < -0.39 is 0 Å². The average Bonchev–Trinajstić information content (AvgIpc) is 2.67. The Labute approximate surface area is 180 Å².